The average Bonchev–Trinajstić information content (AvgIpc) is 2.96. The molecule has 2 heterocycles. The van der Waals surface area contributed by atoms with Crippen molar-refractivity contribution in [2.45, 2.75) is 102 Å². The van der Waals surface area contributed by atoms with Crippen LogP contribution >= 0.6 is 0 Å². The lowest BCUT2D eigenvalue weighted by Crippen LogP contribution is -2.45. The van der Waals surface area contributed by atoms with Gasteiger partial charge in [-0.05, 0) is 80.6 Å². The molecular formula is C33H48N4O3. The van der Waals surface area contributed by atoms with Crippen LogP contribution in [0.3, 0.4) is 0 Å². The van der Waals surface area contributed by atoms with E-state index in [1.807, 2.05) is 6.92 Å². The molecule has 218 valence electrons. The van der Waals surface area contributed by atoms with E-state index in [9.17, 15) is 14.7 Å². The Bertz CT molecular complexity index is 1090. The van der Waals surface area contributed by atoms with E-state index in [1.54, 1.807) is 17.3 Å². The van der Waals surface area contributed by atoms with Crippen molar-refractivity contribution in [3.63, 3.8) is 0 Å². The molecule has 0 spiro atoms. The maximum atomic E-state index is 14.0. The Morgan fingerprint density at radius 1 is 1.10 bits per heavy atom. The van der Waals surface area contributed by atoms with Crippen molar-refractivity contribution in [2.24, 2.45) is 17.8 Å². The lowest BCUT2D eigenvalue weighted by molar-refractivity contribution is -0.141. The van der Waals surface area contributed by atoms with Crippen LogP contribution in [-0.2, 0) is 15.0 Å². The zero-order valence-corrected chi connectivity index (χ0v) is 24.6. The van der Waals surface area contributed by atoms with Gasteiger partial charge >= 0.3 is 0 Å². The third-order valence-electron chi connectivity index (χ3n) is 9.65. The second kappa shape index (κ2) is 13.7. The van der Waals surface area contributed by atoms with Crippen LogP contribution in [0.15, 0.2) is 49.1 Å². The quantitative estimate of drug-likeness (QED) is 0.392. The molecule has 0 radical (unpaired) electrons. The maximum absolute atomic E-state index is 14.0. The summed E-state index contributed by atoms with van der Waals surface area (Å²) in [7, 11) is 0. The topological polar surface area (TPSA) is 95.4 Å². The number of benzene rings is 1. The summed E-state index contributed by atoms with van der Waals surface area (Å²) in [6.07, 6.45) is 14.9. The minimum atomic E-state index is -0.651. The van der Waals surface area contributed by atoms with Crippen molar-refractivity contribution in [2.75, 3.05) is 18.4 Å². The van der Waals surface area contributed by atoms with E-state index in [4.69, 9.17) is 0 Å². The van der Waals surface area contributed by atoms with Gasteiger partial charge in [0.25, 0.3) is 0 Å². The third kappa shape index (κ3) is 7.68. The van der Waals surface area contributed by atoms with Crippen molar-refractivity contribution in [1.82, 2.24) is 14.9 Å². The van der Waals surface area contributed by atoms with Crippen molar-refractivity contribution in [3.05, 3.63) is 54.6 Å². The fourth-order valence-corrected chi connectivity index (χ4v) is 6.95. The molecule has 40 heavy (non-hydrogen) atoms. The SMILES string of the molecule is CCC(C)C[C@]1(c2ccccc2)CCCC(CC2(O)CCC2)C(C)C(=O)N(CC(=O)Nc2cncnc2)CCC1. The second-order valence-corrected chi connectivity index (χ2v) is 12.6. The van der Waals surface area contributed by atoms with Gasteiger partial charge in [-0.2, -0.15) is 0 Å². The zero-order chi connectivity index (χ0) is 28.6. The number of nitrogens with zero attached hydrogens (tertiary/aromatic N) is 3. The number of carbonyl (C=O) groups excluding carboxylic acids is 2. The zero-order valence-electron chi connectivity index (χ0n) is 24.6. The lowest BCUT2D eigenvalue weighted by Gasteiger charge is -2.41. The van der Waals surface area contributed by atoms with E-state index >= 15 is 0 Å². The molecule has 1 saturated heterocycles. The average molecular weight is 549 g/mol. The molecule has 3 unspecified atom stereocenters. The van der Waals surface area contributed by atoms with Crippen LogP contribution in [0, 0.1) is 17.8 Å². The summed E-state index contributed by atoms with van der Waals surface area (Å²) < 4.78 is 0. The van der Waals surface area contributed by atoms with Gasteiger partial charge in [0.05, 0.1) is 30.2 Å². The minimum absolute atomic E-state index is 0.00123. The monoisotopic (exact) mass is 548 g/mol. The first-order chi connectivity index (χ1) is 19.2. The molecule has 1 aliphatic heterocycles. The summed E-state index contributed by atoms with van der Waals surface area (Å²) >= 11 is 0. The van der Waals surface area contributed by atoms with Gasteiger partial charge in [-0.1, -0.05) is 63.9 Å². The van der Waals surface area contributed by atoms with Crippen LogP contribution in [-0.4, -0.2) is 50.5 Å². The van der Waals surface area contributed by atoms with Crippen LogP contribution in [0.25, 0.3) is 0 Å². The number of aromatic nitrogens is 2. The highest BCUT2D eigenvalue weighted by atomic mass is 16.3. The first kappa shape index (κ1) is 30.2. The summed E-state index contributed by atoms with van der Waals surface area (Å²) in [5.41, 5.74) is 1.28. The Labute approximate surface area is 240 Å². The fraction of sp³-hybridized carbons (Fsp3) is 0.636. The summed E-state index contributed by atoms with van der Waals surface area (Å²) in [6, 6.07) is 10.9. The Balaban J connectivity index is 1.61. The molecule has 2 aromatic rings. The van der Waals surface area contributed by atoms with Gasteiger partial charge in [0.2, 0.25) is 11.8 Å². The van der Waals surface area contributed by atoms with Gasteiger partial charge in [0.1, 0.15) is 6.33 Å². The summed E-state index contributed by atoms with van der Waals surface area (Å²) in [5, 5.41) is 14.0. The van der Waals surface area contributed by atoms with Gasteiger partial charge in [-0.25, -0.2) is 9.97 Å². The highest BCUT2D eigenvalue weighted by molar-refractivity contribution is 5.94. The molecule has 4 atom stereocenters. The molecule has 1 aromatic carbocycles. The molecular weight excluding hydrogens is 500 g/mol. The van der Waals surface area contributed by atoms with Gasteiger partial charge < -0.3 is 15.3 Å². The largest absolute Gasteiger partial charge is 0.390 e. The van der Waals surface area contributed by atoms with Gasteiger partial charge in [-0.15, -0.1) is 0 Å². The molecule has 7 heteroatoms. The molecule has 4 rings (SSSR count). The predicted octanol–water partition coefficient (Wildman–Crippen LogP) is 6.14. The fourth-order valence-electron chi connectivity index (χ4n) is 6.95. The lowest BCUT2D eigenvalue weighted by atomic mass is 9.66. The molecule has 7 nitrogen and oxygen atoms in total. The summed E-state index contributed by atoms with van der Waals surface area (Å²) in [4.78, 5) is 36.7. The Hall–Kier alpha value is -2.80. The van der Waals surface area contributed by atoms with Gasteiger partial charge in [-0.3, -0.25) is 9.59 Å². The van der Waals surface area contributed by atoms with Gasteiger partial charge in [0, 0.05) is 12.5 Å². The molecule has 2 fully saturated rings. The highest BCUT2D eigenvalue weighted by Gasteiger charge is 2.41. The molecule has 2 N–H and O–H groups in total. The molecule has 0 bridgehead atoms. The number of carbonyl (C=O) groups is 2. The van der Waals surface area contributed by atoms with Crippen molar-refractivity contribution in [3.8, 4) is 0 Å². The first-order valence-corrected chi connectivity index (χ1v) is 15.4. The Morgan fingerprint density at radius 2 is 1.80 bits per heavy atom. The van der Waals surface area contributed by atoms with Crippen molar-refractivity contribution < 1.29 is 14.7 Å². The van der Waals surface area contributed by atoms with Crippen LogP contribution in [0.5, 0.6) is 0 Å². The van der Waals surface area contributed by atoms with Crippen molar-refractivity contribution >= 4 is 17.5 Å². The van der Waals surface area contributed by atoms with E-state index in [-0.39, 0.29) is 35.6 Å². The third-order valence-corrected chi connectivity index (χ3v) is 9.65. The standard InChI is InChI=1S/C33H48N4O3/c1-4-25(2)19-32(28-12-6-5-7-13-28)14-8-11-27(20-33(40)16-9-17-33)26(3)31(39)37(18-10-15-32)23-30(38)36-29-21-34-24-35-22-29/h5-7,12-13,21-22,24-27,40H,4,8-11,14-20,23H2,1-3H3,(H,36,38)/t25?,26?,27?,32-/m0/s1. The first-order valence-electron chi connectivity index (χ1n) is 15.4. The number of rotatable bonds is 9. The molecule has 1 aromatic heterocycles. The van der Waals surface area contributed by atoms with Crippen LogP contribution in [0.2, 0.25) is 0 Å². The second-order valence-electron chi connectivity index (χ2n) is 12.6. The molecule has 1 saturated carbocycles. The minimum Gasteiger partial charge on any atom is -0.390 e. The van der Waals surface area contributed by atoms with Crippen molar-refractivity contribution in [1.29, 1.82) is 0 Å². The Kier molecular flexibility index (Phi) is 10.3. The summed E-state index contributed by atoms with van der Waals surface area (Å²) in [6.45, 7) is 7.15. The van der Waals surface area contributed by atoms with Gasteiger partial charge in [0.15, 0.2) is 0 Å². The normalized spacial score (nSPS) is 26.3. The number of nitrogens with one attached hydrogen (secondary N) is 1. The number of aliphatic hydroxyl groups is 1. The number of hydrogen-bond donors (Lipinski definition) is 2. The van der Waals surface area contributed by atoms with Crippen LogP contribution in [0.4, 0.5) is 5.69 Å². The highest BCUT2D eigenvalue weighted by Crippen LogP contribution is 2.45. The van der Waals surface area contributed by atoms with E-state index < -0.39 is 5.60 Å². The van der Waals surface area contributed by atoms with E-state index in [0.29, 0.717) is 24.6 Å². The van der Waals surface area contributed by atoms with E-state index in [1.165, 1.54) is 11.9 Å². The van der Waals surface area contributed by atoms with Crippen LogP contribution in [0.1, 0.15) is 97.0 Å². The molecule has 2 amide bonds. The van der Waals surface area contributed by atoms with E-state index in [0.717, 1.165) is 64.2 Å². The molecule has 2 aliphatic rings. The van der Waals surface area contributed by atoms with E-state index in [2.05, 4.69) is 59.5 Å². The number of anilines is 1. The maximum Gasteiger partial charge on any atom is 0.244 e. The predicted molar refractivity (Wildman–Crippen MR) is 159 cm³/mol. The summed E-state index contributed by atoms with van der Waals surface area (Å²) in [5.74, 6) is 0.194. The molecule has 1 aliphatic carbocycles. The number of hydrogen-bond acceptors (Lipinski definition) is 5. The smallest absolute Gasteiger partial charge is 0.244 e. The van der Waals surface area contributed by atoms with Crippen LogP contribution < -0.4 is 5.32 Å². The number of amides is 2. The Morgan fingerprint density at radius 3 is 2.45 bits per heavy atom.